The Morgan fingerprint density at radius 3 is 2.70 bits per heavy atom. The molecule has 2 heterocycles. The zero-order chi connectivity index (χ0) is 16.1. The molecule has 4 nitrogen and oxygen atoms in total. The molecule has 1 N–H and O–H groups in total. The van der Waals surface area contributed by atoms with Gasteiger partial charge in [0.25, 0.3) is 0 Å². The Morgan fingerprint density at radius 2 is 1.96 bits per heavy atom. The van der Waals surface area contributed by atoms with Crippen molar-refractivity contribution >= 4 is 17.2 Å². The molecule has 23 heavy (non-hydrogen) atoms. The van der Waals surface area contributed by atoms with Crippen LogP contribution < -0.4 is 10.1 Å². The highest BCUT2D eigenvalue weighted by atomic mass is 32.1. The standard InChI is InChI=1S/C17H16FN3OS/c1-22-14-7-5-12(6-8-14)17-20-13(11-23-17)9-10-19-16-4-2-3-15(18)21-16/h2-8,11H,9-10H2,1H3,(H,19,21). The van der Waals surface area contributed by atoms with Crippen molar-refractivity contribution in [2.75, 3.05) is 19.0 Å². The van der Waals surface area contributed by atoms with Crippen molar-refractivity contribution in [3.05, 3.63) is 59.5 Å². The number of rotatable bonds is 6. The molecule has 0 fully saturated rings. The molecule has 3 aromatic rings. The Hall–Kier alpha value is -2.47. The van der Waals surface area contributed by atoms with E-state index >= 15 is 0 Å². The van der Waals surface area contributed by atoms with E-state index in [9.17, 15) is 4.39 Å². The van der Waals surface area contributed by atoms with E-state index < -0.39 is 5.95 Å². The molecule has 0 aliphatic carbocycles. The fourth-order valence-corrected chi connectivity index (χ4v) is 2.97. The summed E-state index contributed by atoms with van der Waals surface area (Å²) in [4.78, 5) is 8.39. The molecule has 3 rings (SSSR count). The number of ether oxygens (including phenoxy) is 1. The van der Waals surface area contributed by atoms with Crippen LogP contribution in [-0.4, -0.2) is 23.6 Å². The molecule has 0 aliphatic heterocycles. The Bertz CT molecular complexity index is 774. The van der Waals surface area contributed by atoms with Gasteiger partial charge in [0.1, 0.15) is 16.6 Å². The van der Waals surface area contributed by atoms with Crippen LogP contribution in [0, 0.1) is 5.95 Å². The lowest BCUT2D eigenvalue weighted by Crippen LogP contribution is -2.06. The minimum absolute atomic E-state index is 0.481. The maximum absolute atomic E-state index is 13.0. The van der Waals surface area contributed by atoms with Crippen molar-refractivity contribution in [1.82, 2.24) is 9.97 Å². The van der Waals surface area contributed by atoms with Crippen LogP contribution in [0.5, 0.6) is 5.75 Å². The van der Waals surface area contributed by atoms with Gasteiger partial charge in [0, 0.05) is 23.9 Å². The van der Waals surface area contributed by atoms with Crippen molar-refractivity contribution in [3.8, 4) is 16.3 Å². The van der Waals surface area contributed by atoms with E-state index in [0.29, 0.717) is 12.4 Å². The van der Waals surface area contributed by atoms with Gasteiger partial charge in [-0.15, -0.1) is 11.3 Å². The average Bonchev–Trinajstić information content (AvgIpc) is 3.04. The molecule has 2 aromatic heterocycles. The predicted octanol–water partition coefficient (Wildman–Crippen LogP) is 4.01. The number of benzene rings is 1. The topological polar surface area (TPSA) is 47.0 Å². The molecule has 0 saturated heterocycles. The normalized spacial score (nSPS) is 10.5. The van der Waals surface area contributed by atoms with Gasteiger partial charge in [0.15, 0.2) is 0 Å². The van der Waals surface area contributed by atoms with Gasteiger partial charge in [0.2, 0.25) is 5.95 Å². The summed E-state index contributed by atoms with van der Waals surface area (Å²) < 4.78 is 18.1. The van der Waals surface area contributed by atoms with Gasteiger partial charge in [-0.2, -0.15) is 4.39 Å². The summed E-state index contributed by atoms with van der Waals surface area (Å²) in [6.45, 7) is 0.655. The monoisotopic (exact) mass is 329 g/mol. The van der Waals surface area contributed by atoms with Gasteiger partial charge in [-0.1, -0.05) is 6.07 Å². The van der Waals surface area contributed by atoms with E-state index in [1.165, 1.54) is 6.07 Å². The Morgan fingerprint density at radius 1 is 1.13 bits per heavy atom. The van der Waals surface area contributed by atoms with Crippen molar-refractivity contribution in [2.24, 2.45) is 0 Å². The van der Waals surface area contributed by atoms with Gasteiger partial charge in [-0.25, -0.2) is 9.97 Å². The van der Waals surface area contributed by atoms with Crippen LogP contribution in [0.15, 0.2) is 47.8 Å². The maximum Gasteiger partial charge on any atom is 0.214 e. The summed E-state index contributed by atoms with van der Waals surface area (Å²) in [6, 6.07) is 12.5. The molecular weight excluding hydrogens is 313 g/mol. The number of pyridine rings is 1. The van der Waals surface area contributed by atoms with Crippen LogP contribution in [0.3, 0.4) is 0 Å². The lowest BCUT2D eigenvalue weighted by atomic mass is 10.2. The number of aromatic nitrogens is 2. The van der Waals surface area contributed by atoms with Gasteiger partial charge < -0.3 is 10.1 Å². The van der Waals surface area contributed by atoms with E-state index in [-0.39, 0.29) is 0 Å². The van der Waals surface area contributed by atoms with Crippen molar-refractivity contribution in [3.63, 3.8) is 0 Å². The largest absolute Gasteiger partial charge is 0.497 e. The molecular formula is C17H16FN3OS. The average molecular weight is 329 g/mol. The Kier molecular flexibility index (Phi) is 4.83. The van der Waals surface area contributed by atoms with Crippen LogP contribution in [0.1, 0.15) is 5.69 Å². The molecule has 0 atom stereocenters. The molecule has 0 aliphatic rings. The van der Waals surface area contributed by atoms with Crippen molar-refractivity contribution in [1.29, 1.82) is 0 Å². The van der Waals surface area contributed by atoms with Crippen LogP contribution >= 0.6 is 11.3 Å². The lowest BCUT2D eigenvalue weighted by Gasteiger charge is -2.03. The predicted molar refractivity (Wildman–Crippen MR) is 90.5 cm³/mol. The number of nitrogens with zero attached hydrogens (tertiary/aromatic N) is 2. The molecule has 118 valence electrons. The second-order valence-electron chi connectivity index (χ2n) is 4.89. The van der Waals surface area contributed by atoms with Crippen LogP contribution in [-0.2, 0) is 6.42 Å². The first kappa shape index (κ1) is 15.4. The Balaban J connectivity index is 1.58. The minimum Gasteiger partial charge on any atom is -0.497 e. The fraction of sp³-hybridized carbons (Fsp3) is 0.176. The number of thiazole rings is 1. The summed E-state index contributed by atoms with van der Waals surface area (Å²) in [7, 11) is 1.65. The highest BCUT2D eigenvalue weighted by molar-refractivity contribution is 7.13. The third kappa shape index (κ3) is 4.04. The third-order valence-corrected chi connectivity index (χ3v) is 4.23. The number of anilines is 1. The Labute approximate surface area is 138 Å². The first-order chi connectivity index (χ1) is 11.2. The number of halogens is 1. The zero-order valence-electron chi connectivity index (χ0n) is 12.6. The molecule has 0 spiro atoms. The first-order valence-corrected chi connectivity index (χ1v) is 8.08. The highest BCUT2D eigenvalue weighted by Crippen LogP contribution is 2.25. The van der Waals surface area contributed by atoms with Crippen LogP contribution in [0.25, 0.3) is 10.6 Å². The number of nitrogens with one attached hydrogen (secondary N) is 1. The van der Waals surface area contributed by atoms with Crippen molar-refractivity contribution in [2.45, 2.75) is 6.42 Å². The summed E-state index contributed by atoms with van der Waals surface area (Å²) >= 11 is 1.61. The smallest absolute Gasteiger partial charge is 0.214 e. The molecule has 0 radical (unpaired) electrons. The molecule has 1 aromatic carbocycles. The SMILES string of the molecule is COc1ccc(-c2nc(CCNc3cccc(F)n3)cs2)cc1. The van der Waals surface area contributed by atoms with E-state index in [0.717, 1.165) is 28.4 Å². The maximum atomic E-state index is 13.0. The van der Waals surface area contributed by atoms with Crippen molar-refractivity contribution < 1.29 is 9.13 Å². The minimum atomic E-state index is -0.481. The van der Waals surface area contributed by atoms with Gasteiger partial charge in [0.05, 0.1) is 12.8 Å². The summed E-state index contributed by atoms with van der Waals surface area (Å²) in [6.07, 6.45) is 0.755. The zero-order valence-corrected chi connectivity index (χ0v) is 13.4. The van der Waals surface area contributed by atoms with E-state index in [1.54, 1.807) is 30.6 Å². The molecule has 6 heteroatoms. The lowest BCUT2D eigenvalue weighted by molar-refractivity contribution is 0.415. The fourth-order valence-electron chi connectivity index (χ4n) is 2.11. The van der Waals surface area contributed by atoms with Crippen LogP contribution in [0.2, 0.25) is 0 Å². The second-order valence-corrected chi connectivity index (χ2v) is 5.75. The summed E-state index contributed by atoms with van der Waals surface area (Å²) in [5.74, 6) is 0.887. The quantitative estimate of drug-likeness (QED) is 0.694. The highest BCUT2D eigenvalue weighted by Gasteiger charge is 2.05. The molecule has 0 bridgehead atoms. The van der Waals surface area contributed by atoms with Gasteiger partial charge in [-0.05, 0) is 36.4 Å². The van der Waals surface area contributed by atoms with E-state index in [2.05, 4.69) is 15.3 Å². The van der Waals surface area contributed by atoms with Gasteiger partial charge >= 0.3 is 0 Å². The third-order valence-electron chi connectivity index (χ3n) is 3.29. The summed E-state index contributed by atoms with van der Waals surface area (Å²) in [5, 5.41) is 6.12. The number of methoxy groups -OCH3 is 1. The second kappa shape index (κ2) is 7.19. The number of hydrogen-bond acceptors (Lipinski definition) is 5. The first-order valence-electron chi connectivity index (χ1n) is 7.20. The van der Waals surface area contributed by atoms with E-state index in [4.69, 9.17) is 4.74 Å². The van der Waals surface area contributed by atoms with Gasteiger partial charge in [-0.3, -0.25) is 0 Å². The molecule has 0 unspecified atom stereocenters. The number of hydrogen-bond donors (Lipinski definition) is 1. The van der Waals surface area contributed by atoms with Crippen LogP contribution in [0.4, 0.5) is 10.2 Å². The summed E-state index contributed by atoms with van der Waals surface area (Å²) in [5.41, 5.74) is 2.08. The van der Waals surface area contributed by atoms with E-state index in [1.807, 2.05) is 29.6 Å². The molecule has 0 saturated carbocycles. The molecule has 0 amide bonds.